The second-order valence-electron chi connectivity index (χ2n) is 11.2. The van der Waals surface area contributed by atoms with E-state index < -0.39 is 0 Å². The fourth-order valence-electron chi connectivity index (χ4n) is 6.03. The number of nitrogens with zero attached hydrogens (tertiary/aromatic N) is 6. The Bertz CT molecular complexity index is 1320. The molecule has 9 heteroatoms. The molecule has 0 N–H and O–H groups in total. The summed E-state index contributed by atoms with van der Waals surface area (Å²) in [5, 5.41) is 5.11. The lowest BCUT2D eigenvalue weighted by Gasteiger charge is -2.39. The molecule has 1 atom stereocenters. The van der Waals surface area contributed by atoms with Crippen LogP contribution in [0.3, 0.4) is 0 Å². The number of hydrogen-bond acceptors (Lipinski definition) is 8. The van der Waals surface area contributed by atoms with Gasteiger partial charge in [-0.1, -0.05) is 20.3 Å². The lowest BCUT2D eigenvalue weighted by Crippen LogP contribution is -2.39. The molecule has 1 aromatic carbocycles. The molecule has 3 aromatic rings. The predicted octanol–water partition coefficient (Wildman–Crippen LogP) is 5.41. The van der Waals surface area contributed by atoms with Crippen LogP contribution in [0.5, 0.6) is 0 Å². The number of benzene rings is 1. The molecule has 0 amide bonds. The van der Waals surface area contributed by atoms with Gasteiger partial charge in [-0.25, -0.2) is 19.4 Å². The number of anilines is 3. The van der Waals surface area contributed by atoms with E-state index in [1.165, 1.54) is 13.5 Å². The van der Waals surface area contributed by atoms with Crippen molar-refractivity contribution < 1.29 is 14.3 Å². The van der Waals surface area contributed by atoms with Gasteiger partial charge < -0.3 is 19.3 Å². The van der Waals surface area contributed by atoms with Crippen molar-refractivity contribution in [2.24, 2.45) is 5.41 Å². The van der Waals surface area contributed by atoms with E-state index in [9.17, 15) is 4.79 Å². The number of carbonyl (C=O) groups excluding carboxylic acids is 1. The highest BCUT2D eigenvalue weighted by molar-refractivity contribution is 5.92. The number of fused-ring (bicyclic) bond motifs is 2. The summed E-state index contributed by atoms with van der Waals surface area (Å²) in [6.45, 7) is 8.24. The Kier molecular flexibility index (Phi) is 6.72. The van der Waals surface area contributed by atoms with E-state index in [2.05, 4.69) is 23.6 Å². The standard InChI is InChI=1S/C29H38N6O3/c1-4-29(2)12-15-33(16-13-29)23-19-30-25-26(31-23)35(24-9-5-6-17-38-24)32-27(25)34-14-7-8-20-18-21(28(36)37-3)10-11-22(20)34/h10-11,18-19,24H,4-9,12-17H2,1-3H3. The first-order chi connectivity index (χ1) is 18.5. The molecule has 0 spiro atoms. The Balaban J connectivity index is 1.40. The third-order valence-corrected chi connectivity index (χ3v) is 8.82. The maximum atomic E-state index is 12.1. The number of aromatic nitrogens is 4. The lowest BCUT2D eigenvalue weighted by atomic mass is 9.78. The first-order valence-electron chi connectivity index (χ1n) is 14.1. The zero-order valence-electron chi connectivity index (χ0n) is 22.8. The number of ether oxygens (including phenoxy) is 2. The van der Waals surface area contributed by atoms with Gasteiger partial charge in [-0.3, -0.25) is 0 Å². The van der Waals surface area contributed by atoms with Gasteiger partial charge in [0, 0.05) is 31.9 Å². The van der Waals surface area contributed by atoms with Crippen molar-refractivity contribution in [3.05, 3.63) is 35.5 Å². The second-order valence-corrected chi connectivity index (χ2v) is 11.2. The number of aryl methyl sites for hydroxylation is 1. The maximum Gasteiger partial charge on any atom is 0.337 e. The Morgan fingerprint density at radius 2 is 2.03 bits per heavy atom. The molecule has 6 rings (SSSR count). The molecule has 0 aliphatic carbocycles. The van der Waals surface area contributed by atoms with Crippen molar-refractivity contribution in [1.29, 1.82) is 0 Å². The van der Waals surface area contributed by atoms with E-state index in [1.807, 2.05) is 29.1 Å². The van der Waals surface area contributed by atoms with Gasteiger partial charge in [-0.15, -0.1) is 5.10 Å². The molecule has 202 valence electrons. The quantitative estimate of drug-likeness (QED) is 0.414. The highest BCUT2D eigenvalue weighted by atomic mass is 16.5. The van der Waals surface area contributed by atoms with Crippen LogP contribution in [-0.4, -0.2) is 59.1 Å². The summed E-state index contributed by atoms with van der Waals surface area (Å²) in [4.78, 5) is 26.9. The molecule has 0 saturated carbocycles. The van der Waals surface area contributed by atoms with Gasteiger partial charge in [-0.2, -0.15) is 0 Å². The van der Waals surface area contributed by atoms with E-state index in [0.29, 0.717) is 11.0 Å². The Morgan fingerprint density at radius 3 is 2.76 bits per heavy atom. The molecule has 2 fully saturated rings. The number of methoxy groups -OCH3 is 1. The van der Waals surface area contributed by atoms with Crippen molar-refractivity contribution in [3.8, 4) is 0 Å². The molecule has 38 heavy (non-hydrogen) atoms. The minimum Gasteiger partial charge on any atom is -0.465 e. The van der Waals surface area contributed by atoms with Crippen molar-refractivity contribution in [1.82, 2.24) is 19.7 Å². The molecule has 3 aliphatic heterocycles. The van der Waals surface area contributed by atoms with Gasteiger partial charge in [0.15, 0.2) is 23.2 Å². The monoisotopic (exact) mass is 518 g/mol. The lowest BCUT2D eigenvalue weighted by molar-refractivity contribution is -0.0368. The summed E-state index contributed by atoms with van der Waals surface area (Å²) in [7, 11) is 1.42. The zero-order valence-corrected chi connectivity index (χ0v) is 22.8. The van der Waals surface area contributed by atoms with Crippen LogP contribution in [0.4, 0.5) is 17.3 Å². The number of esters is 1. The number of piperidine rings is 1. The summed E-state index contributed by atoms with van der Waals surface area (Å²) in [5.41, 5.74) is 4.74. The largest absolute Gasteiger partial charge is 0.465 e. The summed E-state index contributed by atoms with van der Waals surface area (Å²) in [5.74, 6) is 1.41. The third-order valence-electron chi connectivity index (χ3n) is 8.82. The molecular formula is C29H38N6O3. The smallest absolute Gasteiger partial charge is 0.337 e. The molecule has 1 unspecified atom stereocenters. The fraction of sp³-hybridized carbons (Fsp3) is 0.586. The number of carbonyl (C=O) groups is 1. The molecule has 2 saturated heterocycles. The van der Waals surface area contributed by atoms with E-state index in [-0.39, 0.29) is 12.2 Å². The molecule has 2 aromatic heterocycles. The SMILES string of the molecule is CCC1(C)CCN(c2cnc3c(N4CCCc5cc(C(=O)OC)ccc54)nn(C4CCCCO4)c3n2)CC1. The van der Waals surface area contributed by atoms with Gasteiger partial charge in [0.1, 0.15) is 5.82 Å². The minimum absolute atomic E-state index is 0.139. The van der Waals surface area contributed by atoms with Gasteiger partial charge in [0.05, 0.1) is 18.9 Å². The number of rotatable bonds is 5. The van der Waals surface area contributed by atoms with Crippen molar-refractivity contribution in [2.75, 3.05) is 43.2 Å². The molecule has 0 bridgehead atoms. The van der Waals surface area contributed by atoms with Crippen LogP contribution in [0.2, 0.25) is 0 Å². The van der Waals surface area contributed by atoms with E-state index in [0.717, 1.165) is 105 Å². The number of hydrogen-bond donors (Lipinski definition) is 0. The van der Waals surface area contributed by atoms with Gasteiger partial charge in [0.2, 0.25) is 0 Å². The molecule has 3 aliphatic rings. The first-order valence-corrected chi connectivity index (χ1v) is 14.1. The molecular weight excluding hydrogens is 480 g/mol. The van der Waals surface area contributed by atoms with Crippen molar-refractivity contribution in [3.63, 3.8) is 0 Å². The van der Waals surface area contributed by atoms with Gasteiger partial charge in [0.25, 0.3) is 0 Å². The van der Waals surface area contributed by atoms with Crippen LogP contribution in [0, 0.1) is 5.41 Å². The molecule has 0 radical (unpaired) electrons. The Morgan fingerprint density at radius 1 is 1.18 bits per heavy atom. The van der Waals surface area contributed by atoms with Crippen LogP contribution >= 0.6 is 0 Å². The average Bonchev–Trinajstić information content (AvgIpc) is 3.35. The van der Waals surface area contributed by atoms with E-state index in [4.69, 9.17) is 24.5 Å². The predicted molar refractivity (Wildman–Crippen MR) is 147 cm³/mol. The van der Waals surface area contributed by atoms with Gasteiger partial charge >= 0.3 is 5.97 Å². The summed E-state index contributed by atoms with van der Waals surface area (Å²) >= 11 is 0. The summed E-state index contributed by atoms with van der Waals surface area (Å²) in [6.07, 6.45) is 10.3. The summed E-state index contributed by atoms with van der Waals surface area (Å²) < 4.78 is 13.1. The Hall–Kier alpha value is -3.20. The maximum absolute atomic E-state index is 12.1. The van der Waals surface area contributed by atoms with Crippen LogP contribution in [0.25, 0.3) is 11.2 Å². The topological polar surface area (TPSA) is 85.6 Å². The molecule has 5 heterocycles. The third kappa shape index (κ3) is 4.51. The van der Waals surface area contributed by atoms with Crippen molar-refractivity contribution >= 4 is 34.5 Å². The average molecular weight is 519 g/mol. The second kappa shape index (κ2) is 10.2. The van der Waals surface area contributed by atoms with Crippen molar-refractivity contribution in [2.45, 2.75) is 71.4 Å². The fourth-order valence-corrected chi connectivity index (χ4v) is 6.03. The summed E-state index contributed by atoms with van der Waals surface area (Å²) in [6, 6.07) is 5.78. The van der Waals surface area contributed by atoms with Crippen LogP contribution < -0.4 is 9.80 Å². The Labute approximate surface area is 224 Å². The minimum atomic E-state index is -0.315. The highest BCUT2D eigenvalue weighted by Crippen LogP contribution is 2.39. The molecule has 9 nitrogen and oxygen atoms in total. The highest BCUT2D eigenvalue weighted by Gasteiger charge is 2.32. The van der Waals surface area contributed by atoms with Crippen LogP contribution in [0.1, 0.15) is 80.9 Å². The van der Waals surface area contributed by atoms with Gasteiger partial charge in [-0.05, 0) is 74.1 Å². The first kappa shape index (κ1) is 25.1. The van der Waals surface area contributed by atoms with Crippen LogP contribution in [-0.2, 0) is 15.9 Å². The van der Waals surface area contributed by atoms with Crippen LogP contribution in [0.15, 0.2) is 24.4 Å². The normalized spacial score (nSPS) is 21.4. The van der Waals surface area contributed by atoms with E-state index >= 15 is 0 Å². The van der Waals surface area contributed by atoms with E-state index in [1.54, 1.807) is 0 Å². The zero-order chi connectivity index (χ0) is 26.3.